The highest BCUT2D eigenvalue weighted by atomic mass is 35.5. The van der Waals surface area contributed by atoms with Gasteiger partial charge in [-0.05, 0) is 29.5 Å². The first-order chi connectivity index (χ1) is 6.02. The zero-order chi connectivity index (χ0) is 10.0. The number of rotatable bonds is 2. The van der Waals surface area contributed by atoms with Crippen LogP contribution in [0, 0.1) is 11.7 Å². The molecule has 72 valence electrons. The van der Waals surface area contributed by atoms with Crippen molar-refractivity contribution >= 4 is 11.6 Å². The normalized spacial score (nSPS) is 13.4. The van der Waals surface area contributed by atoms with Crippen LogP contribution in [0.3, 0.4) is 0 Å². The van der Waals surface area contributed by atoms with Gasteiger partial charge in [0.1, 0.15) is 5.82 Å². The SMILES string of the molecule is CC(C)[C@H](C)c1ccc(F)cc1Cl. The fourth-order valence-electron chi connectivity index (χ4n) is 1.23. The molecular weight excluding hydrogens is 187 g/mol. The van der Waals surface area contributed by atoms with E-state index < -0.39 is 0 Å². The zero-order valence-corrected chi connectivity index (χ0v) is 8.90. The summed E-state index contributed by atoms with van der Waals surface area (Å²) in [5.74, 6) is 0.612. The van der Waals surface area contributed by atoms with Crippen LogP contribution in [-0.2, 0) is 0 Å². The summed E-state index contributed by atoms with van der Waals surface area (Å²) in [5, 5.41) is 0.529. The quantitative estimate of drug-likeness (QED) is 0.670. The van der Waals surface area contributed by atoms with E-state index in [0.717, 1.165) is 5.56 Å². The van der Waals surface area contributed by atoms with Crippen molar-refractivity contribution in [1.82, 2.24) is 0 Å². The maximum absolute atomic E-state index is 12.7. The molecule has 13 heavy (non-hydrogen) atoms. The van der Waals surface area contributed by atoms with E-state index in [0.29, 0.717) is 16.9 Å². The van der Waals surface area contributed by atoms with Crippen LogP contribution in [0.2, 0.25) is 5.02 Å². The molecule has 1 aromatic carbocycles. The predicted octanol–water partition coefficient (Wildman–Crippen LogP) is 4.24. The summed E-state index contributed by atoms with van der Waals surface area (Å²) in [6.07, 6.45) is 0. The number of hydrogen-bond acceptors (Lipinski definition) is 0. The average Bonchev–Trinajstić information content (AvgIpc) is 2.03. The molecule has 1 aromatic rings. The minimum atomic E-state index is -0.273. The highest BCUT2D eigenvalue weighted by molar-refractivity contribution is 6.31. The van der Waals surface area contributed by atoms with Crippen molar-refractivity contribution in [1.29, 1.82) is 0 Å². The average molecular weight is 201 g/mol. The van der Waals surface area contributed by atoms with Crippen LogP contribution in [0.15, 0.2) is 18.2 Å². The Morgan fingerprint density at radius 1 is 1.23 bits per heavy atom. The summed E-state index contributed by atoms with van der Waals surface area (Å²) in [7, 11) is 0. The maximum atomic E-state index is 12.7. The molecule has 0 nitrogen and oxygen atoms in total. The third-order valence-electron chi connectivity index (χ3n) is 2.45. The van der Waals surface area contributed by atoms with Gasteiger partial charge in [-0.15, -0.1) is 0 Å². The Labute approximate surface area is 83.7 Å². The summed E-state index contributed by atoms with van der Waals surface area (Å²) in [6, 6.07) is 4.60. The van der Waals surface area contributed by atoms with Gasteiger partial charge in [0, 0.05) is 5.02 Å². The van der Waals surface area contributed by atoms with Crippen LogP contribution in [0.4, 0.5) is 4.39 Å². The van der Waals surface area contributed by atoms with Crippen LogP contribution in [-0.4, -0.2) is 0 Å². The Balaban J connectivity index is 3.01. The molecule has 0 aliphatic heterocycles. The van der Waals surface area contributed by atoms with E-state index >= 15 is 0 Å². The topological polar surface area (TPSA) is 0 Å². The molecule has 0 aliphatic carbocycles. The van der Waals surface area contributed by atoms with Gasteiger partial charge in [0.2, 0.25) is 0 Å². The van der Waals surface area contributed by atoms with Crippen LogP contribution in [0.25, 0.3) is 0 Å². The fourth-order valence-corrected chi connectivity index (χ4v) is 1.57. The Morgan fingerprint density at radius 3 is 2.31 bits per heavy atom. The van der Waals surface area contributed by atoms with Gasteiger partial charge in [-0.2, -0.15) is 0 Å². The van der Waals surface area contributed by atoms with Gasteiger partial charge >= 0.3 is 0 Å². The first-order valence-electron chi connectivity index (χ1n) is 4.47. The standard InChI is InChI=1S/C11H14ClF/c1-7(2)8(3)10-5-4-9(13)6-11(10)12/h4-8H,1-3H3/t8-/m0/s1. The van der Waals surface area contributed by atoms with Crippen LogP contribution in [0.5, 0.6) is 0 Å². The fraction of sp³-hybridized carbons (Fsp3) is 0.455. The molecule has 0 heterocycles. The van der Waals surface area contributed by atoms with Crippen LogP contribution >= 0.6 is 11.6 Å². The third-order valence-corrected chi connectivity index (χ3v) is 2.78. The molecule has 0 radical (unpaired) electrons. The van der Waals surface area contributed by atoms with Crippen molar-refractivity contribution < 1.29 is 4.39 Å². The molecular formula is C11H14ClF. The van der Waals surface area contributed by atoms with Gasteiger partial charge < -0.3 is 0 Å². The Morgan fingerprint density at radius 2 is 1.85 bits per heavy atom. The highest BCUT2D eigenvalue weighted by Crippen LogP contribution is 2.29. The molecule has 0 N–H and O–H groups in total. The molecule has 0 saturated heterocycles. The lowest BCUT2D eigenvalue weighted by atomic mass is 9.90. The van der Waals surface area contributed by atoms with Crippen molar-refractivity contribution in [2.24, 2.45) is 5.92 Å². The summed E-state index contributed by atoms with van der Waals surface area (Å²) >= 11 is 5.93. The number of halogens is 2. The number of benzene rings is 1. The van der Waals surface area contributed by atoms with Crippen molar-refractivity contribution in [3.05, 3.63) is 34.6 Å². The molecule has 0 bridgehead atoms. The van der Waals surface area contributed by atoms with Crippen LogP contribution < -0.4 is 0 Å². The molecule has 1 atom stereocenters. The Bertz CT molecular complexity index is 294. The molecule has 0 aliphatic rings. The minimum Gasteiger partial charge on any atom is -0.207 e. The second-order valence-electron chi connectivity index (χ2n) is 3.70. The molecule has 1 rings (SSSR count). The smallest absolute Gasteiger partial charge is 0.124 e. The summed E-state index contributed by atoms with van der Waals surface area (Å²) in [4.78, 5) is 0. The van der Waals surface area contributed by atoms with E-state index in [4.69, 9.17) is 11.6 Å². The number of hydrogen-bond donors (Lipinski definition) is 0. The second-order valence-corrected chi connectivity index (χ2v) is 4.11. The summed E-state index contributed by atoms with van der Waals surface area (Å²) < 4.78 is 12.7. The van der Waals surface area contributed by atoms with Crippen LogP contribution in [0.1, 0.15) is 32.3 Å². The van der Waals surface area contributed by atoms with Crippen molar-refractivity contribution in [3.8, 4) is 0 Å². The van der Waals surface area contributed by atoms with Gasteiger partial charge in [-0.3, -0.25) is 0 Å². The third kappa shape index (κ3) is 2.44. The van der Waals surface area contributed by atoms with Gasteiger partial charge in [-0.25, -0.2) is 4.39 Å². The molecule has 0 amide bonds. The molecule has 0 unspecified atom stereocenters. The molecule has 0 fully saturated rings. The van der Waals surface area contributed by atoms with E-state index in [-0.39, 0.29) is 5.82 Å². The lowest BCUT2D eigenvalue weighted by molar-refractivity contribution is 0.533. The Kier molecular flexibility index (Phi) is 3.32. The monoisotopic (exact) mass is 200 g/mol. The highest BCUT2D eigenvalue weighted by Gasteiger charge is 2.13. The largest absolute Gasteiger partial charge is 0.207 e. The Hall–Kier alpha value is -0.560. The molecule has 2 heteroatoms. The lowest BCUT2D eigenvalue weighted by Crippen LogP contribution is -2.02. The summed E-state index contributed by atoms with van der Waals surface area (Å²) in [6.45, 7) is 6.36. The van der Waals surface area contributed by atoms with Gasteiger partial charge in [0.15, 0.2) is 0 Å². The predicted molar refractivity (Wildman–Crippen MR) is 54.7 cm³/mol. The van der Waals surface area contributed by atoms with E-state index in [9.17, 15) is 4.39 Å². The van der Waals surface area contributed by atoms with Crippen molar-refractivity contribution in [3.63, 3.8) is 0 Å². The maximum Gasteiger partial charge on any atom is 0.124 e. The van der Waals surface area contributed by atoms with E-state index in [2.05, 4.69) is 20.8 Å². The second kappa shape index (κ2) is 4.10. The van der Waals surface area contributed by atoms with Crippen molar-refractivity contribution in [2.45, 2.75) is 26.7 Å². The van der Waals surface area contributed by atoms with E-state index in [1.54, 1.807) is 6.07 Å². The first kappa shape index (κ1) is 10.5. The summed E-state index contributed by atoms with van der Waals surface area (Å²) in [5.41, 5.74) is 1.03. The van der Waals surface area contributed by atoms with E-state index in [1.807, 2.05) is 0 Å². The molecule has 0 aromatic heterocycles. The zero-order valence-electron chi connectivity index (χ0n) is 8.14. The minimum absolute atomic E-state index is 0.273. The van der Waals surface area contributed by atoms with Gasteiger partial charge in [0.25, 0.3) is 0 Å². The van der Waals surface area contributed by atoms with Gasteiger partial charge in [-0.1, -0.05) is 38.4 Å². The van der Waals surface area contributed by atoms with E-state index in [1.165, 1.54) is 12.1 Å². The first-order valence-corrected chi connectivity index (χ1v) is 4.85. The lowest BCUT2D eigenvalue weighted by Gasteiger charge is -2.17. The van der Waals surface area contributed by atoms with Crippen molar-refractivity contribution in [2.75, 3.05) is 0 Å². The molecule has 0 spiro atoms. The van der Waals surface area contributed by atoms with Gasteiger partial charge in [0.05, 0.1) is 0 Å². The molecule has 0 saturated carbocycles.